The Morgan fingerprint density at radius 1 is 0.971 bits per heavy atom. The number of carbonyl (C=O) groups is 1. The summed E-state index contributed by atoms with van der Waals surface area (Å²) in [5, 5.41) is 3.12. The Balaban J connectivity index is 1.75. The standard InChI is InChI=1S/C25H27ClN2O5S/c1-18-11-13-20(14-12-18)34(30,31)28(22-8-6-7-21(26)19(22)2)17-25(29)27-15-16-33-24-10-5-4-9-23(24)32-3/h4-14H,15-17H2,1-3H3,(H,27,29). The number of carbonyl (C=O) groups excluding carboxylic acids is 1. The lowest BCUT2D eigenvalue weighted by molar-refractivity contribution is -0.119. The molecule has 1 N–H and O–H groups in total. The largest absolute Gasteiger partial charge is 0.493 e. The molecule has 0 saturated heterocycles. The summed E-state index contributed by atoms with van der Waals surface area (Å²) in [5.41, 5.74) is 1.83. The van der Waals surface area contributed by atoms with Gasteiger partial charge in [-0.2, -0.15) is 0 Å². The lowest BCUT2D eigenvalue weighted by atomic mass is 10.2. The highest BCUT2D eigenvalue weighted by atomic mass is 35.5. The second-order valence-corrected chi connectivity index (χ2v) is 9.83. The molecule has 0 atom stereocenters. The quantitative estimate of drug-likeness (QED) is 0.416. The van der Waals surface area contributed by atoms with E-state index in [1.807, 2.05) is 19.1 Å². The van der Waals surface area contributed by atoms with Gasteiger partial charge in [-0.15, -0.1) is 0 Å². The van der Waals surface area contributed by atoms with Crippen LogP contribution in [0.2, 0.25) is 5.02 Å². The highest BCUT2D eigenvalue weighted by Crippen LogP contribution is 2.31. The SMILES string of the molecule is COc1ccccc1OCCNC(=O)CN(c1cccc(Cl)c1C)S(=O)(=O)c1ccc(C)cc1. The third kappa shape index (κ3) is 6.01. The molecule has 0 heterocycles. The highest BCUT2D eigenvalue weighted by Gasteiger charge is 2.28. The number of benzene rings is 3. The predicted molar refractivity (Wildman–Crippen MR) is 133 cm³/mol. The maximum absolute atomic E-state index is 13.5. The van der Waals surface area contributed by atoms with Crippen molar-refractivity contribution in [1.82, 2.24) is 5.32 Å². The Morgan fingerprint density at radius 2 is 1.65 bits per heavy atom. The smallest absolute Gasteiger partial charge is 0.264 e. The van der Waals surface area contributed by atoms with E-state index in [1.165, 1.54) is 12.1 Å². The fourth-order valence-corrected chi connectivity index (χ4v) is 4.93. The van der Waals surface area contributed by atoms with Crippen LogP contribution in [0.4, 0.5) is 5.69 Å². The number of anilines is 1. The third-order valence-corrected chi connectivity index (χ3v) is 7.34. The third-order valence-electron chi connectivity index (χ3n) is 5.15. The van der Waals surface area contributed by atoms with Gasteiger partial charge in [0.05, 0.1) is 24.2 Å². The van der Waals surface area contributed by atoms with E-state index >= 15 is 0 Å². The summed E-state index contributed by atoms with van der Waals surface area (Å²) in [6.45, 7) is 3.55. The number of para-hydroxylation sites is 2. The van der Waals surface area contributed by atoms with Gasteiger partial charge >= 0.3 is 0 Å². The van der Waals surface area contributed by atoms with Crippen LogP contribution in [0, 0.1) is 13.8 Å². The molecule has 0 saturated carbocycles. The number of aryl methyl sites for hydroxylation is 1. The monoisotopic (exact) mass is 502 g/mol. The minimum absolute atomic E-state index is 0.0878. The molecule has 0 spiro atoms. The van der Waals surface area contributed by atoms with E-state index in [4.69, 9.17) is 21.1 Å². The summed E-state index contributed by atoms with van der Waals surface area (Å²) in [5.74, 6) is 0.664. The number of methoxy groups -OCH3 is 1. The number of amides is 1. The number of halogens is 1. The normalized spacial score (nSPS) is 11.1. The number of nitrogens with one attached hydrogen (secondary N) is 1. The Morgan fingerprint density at radius 3 is 2.32 bits per heavy atom. The minimum Gasteiger partial charge on any atom is -0.493 e. The topological polar surface area (TPSA) is 84.9 Å². The van der Waals surface area contributed by atoms with E-state index in [0.717, 1.165) is 9.87 Å². The molecule has 9 heteroatoms. The Hall–Kier alpha value is -3.23. The first-order chi connectivity index (χ1) is 16.2. The molecule has 3 aromatic rings. The second-order valence-electron chi connectivity index (χ2n) is 7.56. The van der Waals surface area contributed by atoms with Crippen molar-refractivity contribution in [3.05, 3.63) is 82.9 Å². The van der Waals surface area contributed by atoms with Crippen molar-refractivity contribution in [2.45, 2.75) is 18.7 Å². The fourth-order valence-electron chi connectivity index (χ4n) is 3.28. The zero-order valence-electron chi connectivity index (χ0n) is 19.2. The van der Waals surface area contributed by atoms with E-state index in [9.17, 15) is 13.2 Å². The van der Waals surface area contributed by atoms with Gasteiger partial charge in [-0.3, -0.25) is 9.10 Å². The molecule has 180 valence electrons. The zero-order valence-corrected chi connectivity index (χ0v) is 20.8. The molecule has 0 bridgehead atoms. The van der Waals surface area contributed by atoms with E-state index in [2.05, 4.69) is 5.32 Å². The van der Waals surface area contributed by atoms with Crippen molar-refractivity contribution in [1.29, 1.82) is 0 Å². The van der Waals surface area contributed by atoms with E-state index in [0.29, 0.717) is 27.8 Å². The van der Waals surface area contributed by atoms with Crippen LogP contribution >= 0.6 is 11.6 Å². The van der Waals surface area contributed by atoms with Gasteiger partial charge in [-0.25, -0.2) is 8.42 Å². The predicted octanol–water partition coefficient (Wildman–Crippen LogP) is 4.36. The number of hydrogen-bond acceptors (Lipinski definition) is 5. The van der Waals surface area contributed by atoms with Crippen molar-refractivity contribution >= 4 is 33.2 Å². The number of ether oxygens (including phenoxy) is 2. The van der Waals surface area contributed by atoms with Crippen LogP contribution in [0.15, 0.2) is 71.6 Å². The Kier molecular flexibility index (Phi) is 8.41. The summed E-state index contributed by atoms with van der Waals surface area (Å²) in [6, 6.07) is 18.6. The summed E-state index contributed by atoms with van der Waals surface area (Å²) in [6.07, 6.45) is 0. The van der Waals surface area contributed by atoms with Gasteiger partial charge in [0.1, 0.15) is 13.2 Å². The molecular weight excluding hydrogens is 476 g/mol. The zero-order chi connectivity index (χ0) is 24.7. The molecule has 0 aliphatic carbocycles. The Bertz CT molecular complexity index is 1250. The molecule has 3 rings (SSSR count). The first kappa shape index (κ1) is 25.4. The van der Waals surface area contributed by atoms with Crippen molar-refractivity contribution in [2.75, 3.05) is 31.1 Å². The van der Waals surface area contributed by atoms with Crippen LogP contribution in [0.5, 0.6) is 11.5 Å². The van der Waals surface area contributed by atoms with Crippen LogP contribution in [0.1, 0.15) is 11.1 Å². The van der Waals surface area contributed by atoms with Crippen LogP contribution in [0.3, 0.4) is 0 Å². The van der Waals surface area contributed by atoms with Crippen molar-refractivity contribution in [3.8, 4) is 11.5 Å². The van der Waals surface area contributed by atoms with Crippen molar-refractivity contribution in [3.63, 3.8) is 0 Å². The van der Waals surface area contributed by atoms with Gasteiger partial charge in [0.2, 0.25) is 5.91 Å². The number of sulfonamides is 1. The number of hydrogen-bond donors (Lipinski definition) is 1. The molecule has 0 fully saturated rings. The van der Waals surface area contributed by atoms with Crippen LogP contribution in [-0.2, 0) is 14.8 Å². The fraction of sp³-hybridized carbons (Fsp3) is 0.240. The maximum Gasteiger partial charge on any atom is 0.264 e. The van der Waals surface area contributed by atoms with E-state index in [-0.39, 0.29) is 18.0 Å². The summed E-state index contributed by atoms with van der Waals surface area (Å²) in [4.78, 5) is 12.8. The lowest BCUT2D eigenvalue weighted by Crippen LogP contribution is -2.42. The summed E-state index contributed by atoms with van der Waals surface area (Å²) < 4.78 is 39.0. The molecular formula is C25H27ClN2O5S. The lowest BCUT2D eigenvalue weighted by Gasteiger charge is -2.26. The number of nitrogens with zero attached hydrogens (tertiary/aromatic N) is 1. The Labute approximate surface area is 205 Å². The minimum atomic E-state index is -4.02. The van der Waals surface area contributed by atoms with Gasteiger partial charge in [0, 0.05) is 5.02 Å². The number of rotatable bonds is 10. The highest BCUT2D eigenvalue weighted by molar-refractivity contribution is 7.92. The molecule has 0 aromatic heterocycles. The van der Waals surface area contributed by atoms with E-state index < -0.39 is 22.5 Å². The van der Waals surface area contributed by atoms with Crippen LogP contribution in [-0.4, -0.2) is 41.1 Å². The molecule has 0 radical (unpaired) electrons. The van der Waals surface area contributed by atoms with Gasteiger partial charge < -0.3 is 14.8 Å². The molecule has 0 unspecified atom stereocenters. The summed E-state index contributed by atoms with van der Waals surface area (Å²) in [7, 11) is -2.48. The van der Waals surface area contributed by atoms with Gasteiger partial charge in [0.15, 0.2) is 11.5 Å². The molecule has 0 aliphatic rings. The first-order valence-corrected chi connectivity index (χ1v) is 12.4. The maximum atomic E-state index is 13.5. The molecule has 3 aromatic carbocycles. The molecule has 7 nitrogen and oxygen atoms in total. The first-order valence-electron chi connectivity index (χ1n) is 10.6. The molecule has 34 heavy (non-hydrogen) atoms. The molecule has 0 aliphatic heterocycles. The molecule has 1 amide bonds. The van der Waals surface area contributed by atoms with Crippen molar-refractivity contribution < 1.29 is 22.7 Å². The van der Waals surface area contributed by atoms with Gasteiger partial charge in [0.25, 0.3) is 10.0 Å². The second kappa shape index (κ2) is 11.3. The van der Waals surface area contributed by atoms with Crippen LogP contribution < -0.4 is 19.1 Å². The van der Waals surface area contributed by atoms with Crippen LogP contribution in [0.25, 0.3) is 0 Å². The average molecular weight is 503 g/mol. The van der Waals surface area contributed by atoms with Gasteiger partial charge in [-0.1, -0.05) is 47.5 Å². The van der Waals surface area contributed by atoms with Crippen molar-refractivity contribution in [2.24, 2.45) is 0 Å². The summed E-state index contributed by atoms with van der Waals surface area (Å²) >= 11 is 6.25. The average Bonchev–Trinajstić information content (AvgIpc) is 2.82. The van der Waals surface area contributed by atoms with E-state index in [1.54, 1.807) is 56.5 Å². The van der Waals surface area contributed by atoms with Gasteiger partial charge in [-0.05, 0) is 55.8 Å².